The highest BCUT2D eigenvalue weighted by Crippen LogP contribution is 2.15. The van der Waals surface area contributed by atoms with Gasteiger partial charge in [-0.1, -0.05) is 0 Å². The summed E-state index contributed by atoms with van der Waals surface area (Å²) in [5, 5.41) is 15.0. The number of amides is 2. The molecule has 0 aromatic heterocycles. The SMILES string of the molecule is O=C(NCCC(=O)OS(=O)(=O)O)Nc1ccc([N+](=O)[O-])cc1. The lowest BCUT2D eigenvalue weighted by molar-refractivity contribution is -0.384. The number of carbonyl (C=O) groups excluding carboxylic acids is 2. The Kier molecular flexibility index (Phi) is 5.77. The Bertz CT molecular complexity index is 670. The van der Waals surface area contributed by atoms with Crippen LogP contribution in [0.2, 0.25) is 0 Å². The maximum absolute atomic E-state index is 11.4. The highest BCUT2D eigenvalue weighted by molar-refractivity contribution is 7.81. The third kappa shape index (κ3) is 6.62. The van der Waals surface area contributed by atoms with Gasteiger partial charge in [0.05, 0.1) is 11.3 Å². The molecule has 0 saturated heterocycles. The number of urea groups is 1. The molecule has 1 aromatic rings. The number of rotatable bonds is 6. The Morgan fingerprint density at radius 2 is 1.86 bits per heavy atom. The lowest BCUT2D eigenvalue weighted by Gasteiger charge is -2.06. The number of anilines is 1. The van der Waals surface area contributed by atoms with E-state index in [1.165, 1.54) is 24.3 Å². The zero-order chi connectivity index (χ0) is 16.8. The molecule has 0 aliphatic heterocycles. The van der Waals surface area contributed by atoms with Crippen LogP contribution in [-0.2, 0) is 19.4 Å². The van der Waals surface area contributed by atoms with E-state index in [4.69, 9.17) is 4.55 Å². The highest BCUT2D eigenvalue weighted by atomic mass is 32.3. The fourth-order valence-corrected chi connectivity index (χ4v) is 1.60. The fraction of sp³-hybridized carbons (Fsp3) is 0.200. The number of nitro groups is 1. The van der Waals surface area contributed by atoms with Gasteiger partial charge in [0.15, 0.2) is 0 Å². The average Bonchev–Trinajstić information content (AvgIpc) is 2.37. The molecule has 22 heavy (non-hydrogen) atoms. The lowest BCUT2D eigenvalue weighted by Crippen LogP contribution is -2.31. The molecule has 0 aliphatic carbocycles. The van der Waals surface area contributed by atoms with Gasteiger partial charge >= 0.3 is 22.4 Å². The first kappa shape index (κ1) is 17.3. The van der Waals surface area contributed by atoms with E-state index in [1.807, 2.05) is 0 Å². The van der Waals surface area contributed by atoms with Crippen molar-refractivity contribution >= 4 is 33.8 Å². The standard InChI is InChI=1S/C10H11N3O8S/c14-9(21-22(18,19)20)5-6-11-10(15)12-7-1-3-8(4-2-7)13(16)17/h1-4H,5-6H2,(H2,11,12,15)(H,18,19,20). The molecule has 1 aromatic carbocycles. The first-order valence-electron chi connectivity index (χ1n) is 5.66. The fourth-order valence-electron chi connectivity index (χ4n) is 1.28. The third-order valence-corrected chi connectivity index (χ3v) is 2.55. The van der Waals surface area contributed by atoms with Crippen molar-refractivity contribution in [3.05, 3.63) is 34.4 Å². The van der Waals surface area contributed by atoms with Crippen LogP contribution in [-0.4, -0.2) is 36.4 Å². The number of carbonyl (C=O) groups is 2. The summed E-state index contributed by atoms with van der Waals surface area (Å²) >= 11 is 0. The van der Waals surface area contributed by atoms with Crippen molar-refractivity contribution in [2.24, 2.45) is 0 Å². The number of non-ortho nitro benzene ring substituents is 1. The van der Waals surface area contributed by atoms with E-state index in [9.17, 15) is 28.1 Å². The van der Waals surface area contributed by atoms with Gasteiger partial charge in [0, 0.05) is 24.4 Å². The average molecular weight is 333 g/mol. The summed E-state index contributed by atoms with van der Waals surface area (Å²) in [6.07, 6.45) is -0.479. The molecule has 0 bridgehead atoms. The van der Waals surface area contributed by atoms with Crippen molar-refractivity contribution in [3.8, 4) is 0 Å². The maximum Gasteiger partial charge on any atom is 0.448 e. The Balaban J connectivity index is 2.37. The third-order valence-electron chi connectivity index (χ3n) is 2.15. The van der Waals surface area contributed by atoms with Crippen LogP contribution in [0.15, 0.2) is 24.3 Å². The van der Waals surface area contributed by atoms with Gasteiger partial charge in [-0.05, 0) is 12.1 Å². The summed E-state index contributed by atoms with van der Waals surface area (Å²) in [7, 11) is -4.87. The van der Waals surface area contributed by atoms with Crippen LogP contribution < -0.4 is 10.6 Å². The molecular formula is C10H11N3O8S. The molecule has 0 saturated carbocycles. The van der Waals surface area contributed by atoms with Crippen LogP contribution in [0, 0.1) is 10.1 Å². The molecule has 11 nitrogen and oxygen atoms in total. The number of nitrogens with one attached hydrogen (secondary N) is 2. The molecule has 1 rings (SSSR count). The highest BCUT2D eigenvalue weighted by Gasteiger charge is 2.13. The molecule has 120 valence electrons. The molecule has 12 heteroatoms. The first-order valence-corrected chi connectivity index (χ1v) is 7.03. The van der Waals surface area contributed by atoms with Gasteiger partial charge in [-0.15, -0.1) is 0 Å². The topological polar surface area (TPSA) is 165 Å². The summed E-state index contributed by atoms with van der Waals surface area (Å²) in [6, 6.07) is 4.29. The van der Waals surface area contributed by atoms with Crippen molar-refractivity contribution in [2.45, 2.75) is 6.42 Å². The van der Waals surface area contributed by atoms with E-state index in [-0.39, 0.29) is 17.9 Å². The van der Waals surface area contributed by atoms with Crippen molar-refractivity contribution in [1.29, 1.82) is 0 Å². The summed E-state index contributed by atoms with van der Waals surface area (Å²) < 4.78 is 32.3. The number of hydrogen-bond acceptors (Lipinski definition) is 7. The van der Waals surface area contributed by atoms with Gasteiger partial charge in [-0.25, -0.2) is 4.79 Å². The largest absolute Gasteiger partial charge is 0.448 e. The first-order chi connectivity index (χ1) is 10.2. The Morgan fingerprint density at radius 1 is 1.27 bits per heavy atom. The van der Waals surface area contributed by atoms with Crippen molar-refractivity contribution in [3.63, 3.8) is 0 Å². The summed E-state index contributed by atoms with van der Waals surface area (Å²) in [5.41, 5.74) is 0.141. The van der Waals surface area contributed by atoms with Gasteiger partial charge in [0.2, 0.25) is 0 Å². The lowest BCUT2D eigenvalue weighted by atomic mass is 10.3. The molecule has 0 atom stereocenters. The molecule has 0 spiro atoms. The smallest absolute Gasteiger partial charge is 0.337 e. The van der Waals surface area contributed by atoms with Gasteiger partial charge in [0.1, 0.15) is 0 Å². The zero-order valence-corrected chi connectivity index (χ0v) is 11.7. The van der Waals surface area contributed by atoms with Gasteiger partial charge < -0.3 is 14.8 Å². The van der Waals surface area contributed by atoms with Crippen molar-refractivity contribution in [1.82, 2.24) is 5.32 Å². The molecule has 0 fully saturated rings. The molecule has 0 unspecified atom stereocenters. The van der Waals surface area contributed by atoms with Gasteiger partial charge in [0.25, 0.3) is 5.69 Å². The van der Waals surface area contributed by atoms with E-state index < -0.39 is 33.7 Å². The number of hydrogen-bond donors (Lipinski definition) is 3. The Morgan fingerprint density at radius 3 is 2.36 bits per heavy atom. The van der Waals surface area contributed by atoms with Crippen LogP contribution >= 0.6 is 0 Å². The minimum atomic E-state index is -4.87. The van der Waals surface area contributed by atoms with Gasteiger partial charge in [-0.3, -0.25) is 19.5 Å². The summed E-state index contributed by atoms with van der Waals surface area (Å²) in [6.45, 7) is -0.243. The predicted octanol–water partition coefficient (Wildman–Crippen LogP) is 0.452. The quantitative estimate of drug-likeness (QED) is 0.383. The van der Waals surface area contributed by atoms with Crippen LogP contribution in [0.5, 0.6) is 0 Å². The molecular weight excluding hydrogens is 322 g/mol. The normalized spacial score (nSPS) is 10.6. The van der Waals surface area contributed by atoms with Crippen molar-refractivity contribution < 1.29 is 31.7 Å². The van der Waals surface area contributed by atoms with Crippen LogP contribution in [0.25, 0.3) is 0 Å². The molecule has 2 amide bonds. The van der Waals surface area contributed by atoms with Crippen LogP contribution in [0.1, 0.15) is 6.42 Å². The van der Waals surface area contributed by atoms with Crippen molar-refractivity contribution in [2.75, 3.05) is 11.9 Å². The van der Waals surface area contributed by atoms with E-state index in [0.717, 1.165) is 0 Å². The summed E-state index contributed by atoms with van der Waals surface area (Å²) in [5.74, 6) is -1.24. The zero-order valence-electron chi connectivity index (χ0n) is 10.9. The number of nitrogens with zero attached hydrogens (tertiary/aromatic N) is 1. The molecule has 0 aliphatic rings. The Labute approximate surface area is 124 Å². The van der Waals surface area contributed by atoms with Gasteiger partial charge in [-0.2, -0.15) is 8.42 Å². The van der Waals surface area contributed by atoms with E-state index >= 15 is 0 Å². The van der Waals surface area contributed by atoms with E-state index in [0.29, 0.717) is 0 Å². The summed E-state index contributed by atoms with van der Waals surface area (Å²) in [4.78, 5) is 32.2. The van der Waals surface area contributed by atoms with E-state index in [1.54, 1.807) is 0 Å². The second-order valence-corrected chi connectivity index (χ2v) is 4.84. The number of nitro benzene ring substituents is 1. The van der Waals surface area contributed by atoms with E-state index in [2.05, 4.69) is 14.8 Å². The second-order valence-electron chi connectivity index (χ2n) is 3.82. The monoisotopic (exact) mass is 333 g/mol. The minimum absolute atomic E-state index is 0.140. The second kappa shape index (κ2) is 7.33. The molecule has 0 radical (unpaired) electrons. The maximum atomic E-state index is 11.4. The predicted molar refractivity (Wildman–Crippen MR) is 72.4 cm³/mol. The minimum Gasteiger partial charge on any atom is -0.337 e. The van der Waals surface area contributed by atoms with Crippen LogP contribution in [0.4, 0.5) is 16.2 Å². The molecule has 0 heterocycles. The Hall–Kier alpha value is -2.73. The van der Waals surface area contributed by atoms with Crippen LogP contribution in [0.3, 0.4) is 0 Å². The molecule has 3 N–H and O–H groups in total. The number of benzene rings is 1.